The number of nitrogens with zero attached hydrogens (tertiary/aromatic N) is 2. The molecule has 31 heavy (non-hydrogen) atoms. The molecule has 8 heteroatoms. The Kier molecular flexibility index (Phi) is 6.11. The van der Waals surface area contributed by atoms with Crippen molar-refractivity contribution in [1.82, 2.24) is 4.31 Å². The van der Waals surface area contributed by atoms with Gasteiger partial charge in [-0.05, 0) is 68.1 Å². The molecule has 7 nitrogen and oxygen atoms in total. The van der Waals surface area contributed by atoms with E-state index in [9.17, 15) is 18.0 Å². The van der Waals surface area contributed by atoms with Crippen LogP contribution in [0.25, 0.3) is 0 Å². The number of rotatable bonds is 5. The highest BCUT2D eigenvalue weighted by Gasteiger charge is 2.26. The molecule has 4 rings (SSSR count). The summed E-state index contributed by atoms with van der Waals surface area (Å²) >= 11 is 0. The maximum atomic E-state index is 13.0. The normalized spacial score (nSPS) is 17.7. The summed E-state index contributed by atoms with van der Waals surface area (Å²) in [5.41, 5.74) is 2.48. The number of aryl methyl sites for hydroxylation is 1. The molecule has 164 valence electrons. The predicted molar refractivity (Wildman–Crippen MR) is 120 cm³/mol. The van der Waals surface area contributed by atoms with Crippen LogP contribution in [-0.4, -0.2) is 44.2 Å². The van der Waals surface area contributed by atoms with Gasteiger partial charge in [-0.1, -0.05) is 12.5 Å². The topological polar surface area (TPSA) is 86.8 Å². The van der Waals surface area contributed by atoms with E-state index in [2.05, 4.69) is 5.32 Å². The molecule has 2 fully saturated rings. The molecule has 0 bridgehead atoms. The number of piperidine rings is 1. The van der Waals surface area contributed by atoms with Gasteiger partial charge in [-0.2, -0.15) is 4.31 Å². The van der Waals surface area contributed by atoms with E-state index in [0.29, 0.717) is 37.3 Å². The maximum absolute atomic E-state index is 13.0. The predicted octanol–water partition coefficient (Wildman–Crippen LogP) is 3.55. The Bertz CT molecular complexity index is 1090. The zero-order chi connectivity index (χ0) is 22.0. The van der Waals surface area contributed by atoms with E-state index >= 15 is 0 Å². The van der Waals surface area contributed by atoms with Crippen LogP contribution in [0, 0.1) is 6.92 Å². The number of anilines is 2. The van der Waals surface area contributed by atoms with Crippen LogP contribution >= 0.6 is 0 Å². The van der Waals surface area contributed by atoms with Crippen molar-refractivity contribution in [3.63, 3.8) is 0 Å². The van der Waals surface area contributed by atoms with E-state index in [1.165, 1.54) is 10.4 Å². The monoisotopic (exact) mass is 441 g/mol. The Labute approximate surface area is 183 Å². The standard InChI is InChI=1S/C23H27N3O4S/c1-17-7-12-20(31(29,30)25-13-3-2-4-14-25)16-21(17)24-23(28)18-8-10-19(11-9-18)26-15-5-6-22(26)27/h7-12,16H,2-6,13-15H2,1H3,(H,24,28). The summed E-state index contributed by atoms with van der Waals surface area (Å²) < 4.78 is 27.5. The average Bonchev–Trinajstić information content (AvgIpc) is 3.21. The van der Waals surface area contributed by atoms with Crippen molar-refractivity contribution in [3.8, 4) is 0 Å². The summed E-state index contributed by atoms with van der Waals surface area (Å²) in [4.78, 5) is 26.6. The summed E-state index contributed by atoms with van der Waals surface area (Å²) in [7, 11) is -3.58. The fourth-order valence-corrected chi connectivity index (χ4v) is 5.60. The largest absolute Gasteiger partial charge is 0.322 e. The Balaban J connectivity index is 1.51. The van der Waals surface area contributed by atoms with Crippen molar-refractivity contribution in [2.75, 3.05) is 29.9 Å². The number of carbonyl (C=O) groups excluding carboxylic acids is 2. The zero-order valence-electron chi connectivity index (χ0n) is 17.6. The third-order valence-corrected chi connectivity index (χ3v) is 7.82. The van der Waals surface area contributed by atoms with Crippen molar-refractivity contribution >= 4 is 33.2 Å². The van der Waals surface area contributed by atoms with E-state index in [1.54, 1.807) is 41.3 Å². The lowest BCUT2D eigenvalue weighted by Gasteiger charge is -2.26. The summed E-state index contributed by atoms with van der Waals surface area (Å²) in [6, 6.07) is 11.7. The summed E-state index contributed by atoms with van der Waals surface area (Å²) in [5.74, 6) is -0.227. The first kappa shape index (κ1) is 21.5. The zero-order valence-corrected chi connectivity index (χ0v) is 18.5. The Morgan fingerprint density at radius 3 is 2.29 bits per heavy atom. The molecule has 0 radical (unpaired) electrons. The van der Waals surface area contributed by atoms with E-state index < -0.39 is 10.0 Å². The van der Waals surface area contributed by atoms with E-state index in [-0.39, 0.29) is 16.7 Å². The lowest BCUT2D eigenvalue weighted by atomic mass is 10.1. The molecular formula is C23H27N3O4S. The van der Waals surface area contributed by atoms with Crippen LogP contribution in [0.4, 0.5) is 11.4 Å². The molecule has 0 unspecified atom stereocenters. The summed E-state index contributed by atoms with van der Waals surface area (Å²) in [5, 5.41) is 2.84. The molecule has 0 aliphatic carbocycles. The van der Waals surface area contributed by atoms with Gasteiger partial charge in [-0.25, -0.2) is 8.42 Å². The van der Waals surface area contributed by atoms with Crippen molar-refractivity contribution in [2.45, 2.75) is 43.9 Å². The number of carbonyl (C=O) groups is 2. The molecule has 0 atom stereocenters. The second-order valence-corrected chi connectivity index (χ2v) is 10.0. The SMILES string of the molecule is Cc1ccc(S(=O)(=O)N2CCCCC2)cc1NC(=O)c1ccc(N2CCCC2=O)cc1. The number of hydrogen-bond donors (Lipinski definition) is 1. The maximum Gasteiger partial charge on any atom is 0.255 e. The first-order valence-corrected chi connectivity index (χ1v) is 12.1. The average molecular weight is 442 g/mol. The van der Waals surface area contributed by atoms with Gasteiger partial charge in [0, 0.05) is 43.0 Å². The number of hydrogen-bond acceptors (Lipinski definition) is 4. The number of nitrogens with one attached hydrogen (secondary N) is 1. The molecule has 2 aromatic rings. The molecule has 1 N–H and O–H groups in total. The Hall–Kier alpha value is -2.71. The fourth-order valence-electron chi connectivity index (χ4n) is 4.06. The second-order valence-electron chi connectivity index (χ2n) is 8.09. The third-order valence-electron chi connectivity index (χ3n) is 5.92. The number of sulfonamides is 1. The van der Waals surface area contributed by atoms with Crippen LogP contribution in [0.3, 0.4) is 0 Å². The molecule has 2 saturated heterocycles. The van der Waals surface area contributed by atoms with Gasteiger partial charge in [0.15, 0.2) is 0 Å². The van der Waals surface area contributed by atoms with Gasteiger partial charge in [0.25, 0.3) is 5.91 Å². The van der Waals surface area contributed by atoms with Gasteiger partial charge >= 0.3 is 0 Å². The molecule has 0 saturated carbocycles. The van der Waals surface area contributed by atoms with Gasteiger partial charge in [0.1, 0.15) is 0 Å². The molecule has 2 aliphatic rings. The van der Waals surface area contributed by atoms with Crippen molar-refractivity contribution < 1.29 is 18.0 Å². The molecule has 2 heterocycles. The first-order chi connectivity index (χ1) is 14.9. The van der Waals surface area contributed by atoms with E-state index in [4.69, 9.17) is 0 Å². The van der Waals surface area contributed by atoms with Crippen molar-refractivity contribution in [1.29, 1.82) is 0 Å². The van der Waals surface area contributed by atoms with Crippen LogP contribution < -0.4 is 10.2 Å². The summed E-state index contributed by atoms with van der Waals surface area (Å²) in [6.07, 6.45) is 4.18. The van der Waals surface area contributed by atoms with Crippen LogP contribution in [0.2, 0.25) is 0 Å². The quantitative estimate of drug-likeness (QED) is 0.769. The highest BCUT2D eigenvalue weighted by atomic mass is 32.2. The third kappa shape index (κ3) is 4.50. The lowest BCUT2D eigenvalue weighted by Crippen LogP contribution is -2.35. The molecule has 2 aromatic carbocycles. The van der Waals surface area contributed by atoms with Crippen LogP contribution in [0.15, 0.2) is 47.4 Å². The van der Waals surface area contributed by atoms with Crippen LogP contribution in [0.1, 0.15) is 48.0 Å². The van der Waals surface area contributed by atoms with Gasteiger partial charge in [-0.15, -0.1) is 0 Å². The van der Waals surface area contributed by atoms with E-state index in [0.717, 1.165) is 36.9 Å². The van der Waals surface area contributed by atoms with Gasteiger partial charge < -0.3 is 10.2 Å². The molecule has 2 amide bonds. The van der Waals surface area contributed by atoms with E-state index in [1.807, 2.05) is 6.92 Å². The van der Waals surface area contributed by atoms with Crippen LogP contribution in [0.5, 0.6) is 0 Å². The molecule has 0 aromatic heterocycles. The second kappa shape index (κ2) is 8.80. The number of benzene rings is 2. The van der Waals surface area contributed by atoms with Gasteiger partial charge in [0.05, 0.1) is 4.90 Å². The smallest absolute Gasteiger partial charge is 0.255 e. The lowest BCUT2D eigenvalue weighted by molar-refractivity contribution is -0.117. The van der Waals surface area contributed by atoms with Gasteiger partial charge in [0.2, 0.25) is 15.9 Å². The number of amides is 2. The minimum Gasteiger partial charge on any atom is -0.322 e. The Morgan fingerprint density at radius 1 is 0.935 bits per heavy atom. The fraction of sp³-hybridized carbons (Fsp3) is 0.391. The first-order valence-electron chi connectivity index (χ1n) is 10.7. The highest BCUT2D eigenvalue weighted by Crippen LogP contribution is 2.26. The molecular weight excluding hydrogens is 414 g/mol. The highest BCUT2D eigenvalue weighted by molar-refractivity contribution is 7.89. The Morgan fingerprint density at radius 2 is 1.65 bits per heavy atom. The van der Waals surface area contributed by atoms with Crippen molar-refractivity contribution in [3.05, 3.63) is 53.6 Å². The van der Waals surface area contributed by atoms with Crippen molar-refractivity contribution in [2.24, 2.45) is 0 Å². The minimum absolute atomic E-state index is 0.0968. The molecule has 0 spiro atoms. The van der Waals surface area contributed by atoms with Crippen LogP contribution in [-0.2, 0) is 14.8 Å². The minimum atomic E-state index is -3.58. The summed E-state index contributed by atoms with van der Waals surface area (Å²) in [6.45, 7) is 3.59. The molecule has 2 aliphatic heterocycles. The van der Waals surface area contributed by atoms with Gasteiger partial charge in [-0.3, -0.25) is 9.59 Å².